The Bertz CT molecular complexity index is 610. The maximum Gasteiger partial charge on any atom is 0.338 e. The average Bonchev–Trinajstić information content (AvgIpc) is 3.03. The van der Waals surface area contributed by atoms with Crippen LogP contribution in [0.15, 0.2) is 30.3 Å². The normalized spacial score (nSPS) is 21.0. The second kappa shape index (κ2) is 8.79. The predicted molar refractivity (Wildman–Crippen MR) is 93.0 cm³/mol. The fourth-order valence-corrected chi connectivity index (χ4v) is 3.82. The summed E-state index contributed by atoms with van der Waals surface area (Å²) in [5, 5.41) is 0. The Labute approximate surface area is 148 Å². The molecule has 2 atom stereocenters. The minimum Gasteiger partial charge on any atom is -0.468 e. The van der Waals surface area contributed by atoms with Gasteiger partial charge in [0, 0.05) is 6.42 Å². The zero-order chi connectivity index (χ0) is 18.3. The first kappa shape index (κ1) is 19.2. The van der Waals surface area contributed by atoms with E-state index in [-0.39, 0.29) is 24.3 Å². The summed E-state index contributed by atoms with van der Waals surface area (Å²) in [5.41, 5.74) is -0.571. The van der Waals surface area contributed by atoms with Gasteiger partial charge in [0.25, 0.3) is 0 Å². The molecule has 0 radical (unpaired) electrons. The summed E-state index contributed by atoms with van der Waals surface area (Å²) in [5.74, 6) is -1.03. The van der Waals surface area contributed by atoms with Crippen LogP contribution in [0.3, 0.4) is 0 Å². The molecule has 0 N–H and O–H groups in total. The number of methoxy groups -OCH3 is 1. The van der Waals surface area contributed by atoms with Crippen LogP contribution in [0.4, 0.5) is 0 Å². The number of ether oxygens (including phenoxy) is 2. The first-order valence-corrected chi connectivity index (χ1v) is 8.90. The fourth-order valence-electron chi connectivity index (χ4n) is 3.82. The van der Waals surface area contributed by atoms with Gasteiger partial charge in [0.1, 0.15) is 11.2 Å². The van der Waals surface area contributed by atoms with Gasteiger partial charge in [-0.3, -0.25) is 9.59 Å². The van der Waals surface area contributed by atoms with Gasteiger partial charge >= 0.3 is 11.9 Å². The molecule has 5 heteroatoms. The van der Waals surface area contributed by atoms with E-state index in [1.54, 1.807) is 24.3 Å². The van der Waals surface area contributed by atoms with Crippen molar-refractivity contribution < 1.29 is 23.9 Å². The Morgan fingerprint density at radius 3 is 2.48 bits per heavy atom. The SMILES string of the molecule is CCC[C@H](CCOC(=O)c1ccccc1)[C@]1(C(=O)OC)CCCC1=O. The van der Waals surface area contributed by atoms with Crippen LogP contribution in [0.5, 0.6) is 0 Å². The van der Waals surface area contributed by atoms with Gasteiger partial charge in [0.15, 0.2) is 0 Å². The summed E-state index contributed by atoms with van der Waals surface area (Å²) >= 11 is 0. The van der Waals surface area contributed by atoms with E-state index < -0.39 is 11.4 Å². The molecule has 1 aromatic rings. The van der Waals surface area contributed by atoms with Crippen LogP contribution in [0.1, 0.15) is 55.8 Å². The molecule has 5 nitrogen and oxygen atoms in total. The minimum absolute atomic E-state index is 0.0350. The van der Waals surface area contributed by atoms with Crippen molar-refractivity contribution in [2.45, 2.75) is 45.4 Å². The van der Waals surface area contributed by atoms with Gasteiger partial charge in [-0.2, -0.15) is 0 Å². The second-order valence-electron chi connectivity index (χ2n) is 6.52. The fraction of sp³-hybridized carbons (Fsp3) is 0.550. The van der Waals surface area contributed by atoms with E-state index in [0.29, 0.717) is 31.2 Å². The lowest BCUT2D eigenvalue weighted by atomic mass is 9.69. The molecular weight excluding hydrogens is 320 g/mol. The van der Waals surface area contributed by atoms with E-state index in [0.717, 1.165) is 12.8 Å². The Morgan fingerprint density at radius 1 is 1.20 bits per heavy atom. The molecule has 136 valence electrons. The molecule has 1 saturated carbocycles. The summed E-state index contributed by atoms with van der Waals surface area (Å²) in [7, 11) is 1.33. The van der Waals surface area contributed by atoms with Crippen LogP contribution in [-0.2, 0) is 19.1 Å². The van der Waals surface area contributed by atoms with Crippen molar-refractivity contribution in [2.24, 2.45) is 11.3 Å². The lowest BCUT2D eigenvalue weighted by Gasteiger charge is -2.33. The number of carbonyl (C=O) groups is 3. The van der Waals surface area contributed by atoms with Gasteiger partial charge in [-0.1, -0.05) is 31.5 Å². The van der Waals surface area contributed by atoms with E-state index in [2.05, 4.69) is 0 Å². The molecule has 1 aliphatic carbocycles. The number of Topliss-reactive ketones (excluding diaryl/α,β-unsaturated/α-hetero) is 1. The highest BCUT2D eigenvalue weighted by Gasteiger charge is 2.54. The highest BCUT2D eigenvalue weighted by atomic mass is 16.5. The molecule has 0 aromatic heterocycles. The number of esters is 2. The van der Waals surface area contributed by atoms with Gasteiger partial charge in [-0.05, 0) is 43.7 Å². The zero-order valence-electron chi connectivity index (χ0n) is 15.0. The summed E-state index contributed by atoms with van der Waals surface area (Å²) in [6.45, 7) is 2.21. The largest absolute Gasteiger partial charge is 0.468 e. The van der Waals surface area contributed by atoms with Crippen LogP contribution < -0.4 is 0 Å². The average molecular weight is 346 g/mol. The van der Waals surface area contributed by atoms with Gasteiger partial charge < -0.3 is 9.47 Å². The smallest absolute Gasteiger partial charge is 0.338 e. The third-order valence-corrected chi connectivity index (χ3v) is 5.07. The van der Waals surface area contributed by atoms with Crippen molar-refractivity contribution in [3.8, 4) is 0 Å². The molecule has 0 unspecified atom stereocenters. The molecule has 1 aliphatic rings. The van der Waals surface area contributed by atoms with Crippen molar-refractivity contribution in [3.63, 3.8) is 0 Å². The van der Waals surface area contributed by atoms with Gasteiger partial charge in [-0.15, -0.1) is 0 Å². The zero-order valence-corrected chi connectivity index (χ0v) is 15.0. The lowest BCUT2D eigenvalue weighted by Crippen LogP contribution is -2.43. The van der Waals surface area contributed by atoms with Crippen molar-refractivity contribution in [1.82, 2.24) is 0 Å². The summed E-state index contributed by atoms with van der Waals surface area (Å²) < 4.78 is 10.3. The number of benzene rings is 1. The number of rotatable bonds is 8. The number of hydrogen-bond acceptors (Lipinski definition) is 5. The van der Waals surface area contributed by atoms with Crippen molar-refractivity contribution >= 4 is 17.7 Å². The Kier molecular flexibility index (Phi) is 6.73. The van der Waals surface area contributed by atoms with Crippen molar-refractivity contribution in [1.29, 1.82) is 0 Å². The molecule has 0 spiro atoms. The monoisotopic (exact) mass is 346 g/mol. The number of ketones is 1. The van der Waals surface area contributed by atoms with Crippen LogP contribution >= 0.6 is 0 Å². The Hall–Kier alpha value is -2.17. The van der Waals surface area contributed by atoms with Gasteiger partial charge in [0.2, 0.25) is 0 Å². The van der Waals surface area contributed by atoms with E-state index >= 15 is 0 Å². The van der Waals surface area contributed by atoms with Gasteiger partial charge in [-0.25, -0.2) is 4.79 Å². The van der Waals surface area contributed by atoms with E-state index in [4.69, 9.17) is 9.47 Å². The summed E-state index contributed by atoms with van der Waals surface area (Å²) in [6, 6.07) is 8.78. The molecule has 0 heterocycles. The minimum atomic E-state index is -1.07. The van der Waals surface area contributed by atoms with Crippen LogP contribution in [0.25, 0.3) is 0 Å². The molecule has 0 saturated heterocycles. The highest BCUT2D eigenvalue weighted by molar-refractivity contribution is 6.05. The van der Waals surface area contributed by atoms with Crippen LogP contribution in [-0.4, -0.2) is 31.4 Å². The van der Waals surface area contributed by atoms with Crippen LogP contribution in [0.2, 0.25) is 0 Å². The van der Waals surface area contributed by atoms with E-state index in [1.807, 2.05) is 13.0 Å². The first-order chi connectivity index (χ1) is 12.1. The summed E-state index contributed by atoms with van der Waals surface area (Å²) in [6.07, 6.45) is 3.70. The predicted octanol–water partition coefficient (Wildman–Crippen LogP) is 3.56. The van der Waals surface area contributed by atoms with Crippen molar-refractivity contribution in [3.05, 3.63) is 35.9 Å². The molecule has 1 fully saturated rings. The van der Waals surface area contributed by atoms with Gasteiger partial charge in [0.05, 0.1) is 19.3 Å². The second-order valence-corrected chi connectivity index (χ2v) is 6.52. The maximum atomic E-state index is 12.5. The quantitative estimate of drug-likeness (QED) is 0.532. The highest BCUT2D eigenvalue weighted by Crippen LogP contribution is 2.46. The Morgan fingerprint density at radius 2 is 1.92 bits per heavy atom. The topological polar surface area (TPSA) is 69.7 Å². The number of carbonyl (C=O) groups excluding carboxylic acids is 3. The summed E-state index contributed by atoms with van der Waals surface area (Å²) in [4.78, 5) is 37.0. The molecular formula is C20H26O5. The Balaban J connectivity index is 2.05. The third-order valence-electron chi connectivity index (χ3n) is 5.07. The number of hydrogen-bond donors (Lipinski definition) is 0. The molecule has 25 heavy (non-hydrogen) atoms. The van der Waals surface area contributed by atoms with Crippen molar-refractivity contribution in [2.75, 3.05) is 13.7 Å². The molecule has 0 aliphatic heterocycles. The van der Waals surface area contributed by atoms with E-state index in [1.165, 1.54) is 7.11 Å². The lowest BCUT2D eigenvalue weighted by molar-refractivity contribution is -0.161. The maximum absolute atomic E-state index is 12.5. The molecule has 1 aromatic carbocycles. The first-order valence-electron chi connectivity index (χ1n) is 8.90. The van der Waals surface area contributed by atoms with E-state index in [9.17, 15) is 14.4 Å². The standard InChI is InChI=1S/C20H26O5/c1-3-8-16(20(19(23)24-2)13-7-11-17(20)21)12-14-25-18(22)15-9-5-4-6-10-15/h4-6,9-10,16H,3,7-8,11-14H2,1-2H3/t16-,20-/m1/s1. The molecule has 0 bridgehead atoms. The third kappa shape index (κ3) is 4.09. The molecule has 2 rings (SSSR count). The van der Waals surface area contributed by atoms with Crippen LogP contribution in [0, 0.1) is 11.3 Å². The molecule has 0 amide bonds.